The molecule has 0 fully saturated rings. The molecule has 0 radical (unpaired) electrons. The maximum Gasteiger partial charge on any atom is 0.126 e. The molecule has 0 heterocycles. The van der Waals surface area contributed by atoms with E-state index in [0.29, 0.717) is 6.54 Å². The van der Waals surface area contributed by atoms with Crippen molar-refractivity contribution in [1.82, 2.24) is 5.32 Å². The minimum atomic E-state index is -0.464. The highest BCUT2D eigenvalue weighted by Gasteiger charge is 2.08. The van der Waals surface area contributed by atoms with Crippen molar-refractivity contribution in [3.05, 3.63) is 27.7 Å². The number of ether oxygens (including phenoxy) is 1. The van der Waals surface area contributed by atoms with Crippen LogP contribution in [0.5, 0.6) is 5.75 Å². The number of nitrogens with one attached hydrogen (secondary N) is 1. The van der Waals surface area contributed by atoms with Crippen LogP contribution in [0.1, 0.15) is 11.1 Å². The van der Waals surface area contributed by atoms with Crippen molar-refractivity contribution < 1.29 is 9.13 Å². The van der Waals surface area contributed by atoms with E-state index in [2.05, 4.69) is 21.2 Å². The summed E-state index contributed by atoms with van der Waals surface area (Å²) in [5.74, 6) is 0.783. The number of benzene rings is 1. The van der Waals surface area contributed by atoms with Crippen molar-refractivity contribution in [3.8, 4) is 5.75 Å². The molecule has 0 aliphatic heterocycles. The fraction of sp³-hybridized carbons (Fsp3) is 0.455. The van der Waals surface area contributed by atoms with Crippen LogP contribution in [0.4, 0.5) is 4.39 Å². The van der Waals surface area contributed by atoms with Crippen molar-refractivity contribution in [1.29, 1.82) is 0 Å². The Morgan fingerprint density at radius 2 is 2.20 bits per heavy atom. The molecule has 1 aromatic rings. The summed E-state index contributed by atoms with van der Waals surface area (Å²) in [5.41, 5.74) is 2.06. The van der Waals surface area contributed by atoms with E-state index in [1.54, 1.807) is 0 Å². The molecule has 1 N–H and O–H groups in total. The van der Waals surface area contributed by atoms with Gasteiger partial charge in [0.1, 0.15) is 19.0 Å². The van der Waals surface area contributed by atoms with Crippen LogP contribution < -0.4 is 10.1 Å². The molecule has 0 saturated carbocycles. The van der Waals surface area contributed by atoms with Crippen LogP contribution in [0.3, 0.4) is 0 Å². The van der Waals surface area contributed by atoms with Gasteiger partial charge < -0.3 is 10.1 Å². The molecule has 2 nitrogen and oxygen atoms in total. The van der Waals surface area contributed by atoms with E-state index in [1.807, 2.05) is 26.1 Å². The van der Waals surface area contributed by atoms with Gasteiger partial charge in [0.05, 0.1) is 0 Å². The van der Waals surface area contributed by atoms with E-state index < -0.39 is 6.67 Å². The topological polar surface area (TPSA) is 21.3 Å². The Balaban J connectivity index is 2.97. The Bertz CT molecular complexity index is 331. The van der Waals surface area contributed by atoms with Crippen molar-refractivity contribution in [3.63, 3.8) is 0 Å². The maximum absolute atomic E-state index is 12.1. The molecule has 0 spiro atoms. The molecule has 0 unspecified atom stereocenters. The first-order valence-corrected chi connectivity index (χ1v) is 5.60. The van der Waals surface area contributed by atoms with Gasteiger partial charge in [-0.1, -0.05) is 15.9 Å². The lowest BCUT2D eigenvalue weighted by Crippen LogP contribution is -2.09. The molecule has 0 bridgehead atoms. The highest BCUT2D eigenvalue weighted by Crippen LogP contribution is 2.28. The average molecular weight is 276 g/mol. The molecule has 1 rings (SSSR count). The lowest BCUT2D eigenvalue weighted by atomic mass is 10.1. The third-order valence-corrected chi connectivity index (χ3v) is 2.46. The van der Waals surface area contributed by atoms with E-state index in [0.717, 1.165) is 21.3 Å². The molecule has 0 aliphatic carbocycles. The van der Waals surface area contributed by atoms with Gasteiger partial charge in [0.25, 0.3) is 0 Å². The van der Waals surface area contributed by atoms with Gasteiger partial charge in [-0.15, -0.1) is 0 Å². The summed E-state index contributed by atoms with van der Waals surface area (Å²) < 4.78 is 18.5. The first kappa shape index (κ1) is 12.5. The third kappa shape index (κ3) is 3.47. The number of hydrogen-bond donors (Lipinski definition) is 1. The monoisotopic (exact) mass is 275 g/mol. The maximum atomic E-state index is 12.1. The zero-order chi connectivity index (χ0) is 11.3. The quantitative estimate of drug-likeness (QED) is 0.893. The van der Waals surface area contributed by atoms with Crippen molar-refractivity contribution in [2.24, 2.45) is 0 Å². The van der Waals surface area contributed by atoms with Gasteiger partial charge in [0.2, 0.25) is 0 Å². The fourth-order valence-corrected chi connectivity index (χ4v) is 2.09. The summed E-state index contributed by atoms with van der Waals surface area (Å²) in [5, 5.41) is 3.06. The lowest BCUT2D eigenvalue weighted by molar-refractivity contribution is 0.269. The summed E-state index contributed by atoms with van der Waals surface area (Å²) in [6.07, 6.45) is 0. The molecule has 0 atom stereocenters. The van der Waals surface area contributed by atoms with Gasteiger partial charge in [-0.25, -0.2) is 4.39 Å². The van der Waals surface area contributed by atoms with Gasteiger partial charge in [0.15, 0.2) is 0 Å². The van der Waals surface area contributed by atoms with E-state index >= 15 is 0 Å². The van der Waals surface area contributed by atoms with Crippen LogP contribution in [0.25, 0.3) is 0 Å². The normalized spacial score (nSPS) is 10.4. The van der Waals surface area contributed by atoms with E-state index in [4.69, 9.17) is 4.74 Å². The van der Waals surface area contributed by atoms with E-state index in [1.165, 1.54) is 0 Å². The Morgan fingerprint density at radius 1 is 1.47 bits per heavy atom. The van der Waals surface area contributed by atoms with E-state index in [-0.39, 0.29) is 6.61 Å². The summed E-state index contributed by atoms with van der Waals surface area (Å²) in [6, 6.07) is 3.95. The standard InChI is InChI=1S/C11H15BrFNO/c1-8-5-10(12)6-9(7-14-2)11(8)15-4-3-13/h5-6,14H,3-4,7H2,1-2H3. The van der Waals surface area contributed by atoms with Gasteiger partial charge in [-0.3, -0.25) is 0 Å². The smallest absolute Gasteiger partial charge is 0.126 e. The summed E-state index contributed by atoms with van der Waals surface area (Å²) >= 11 is 3.43. The number of alkyl halides is 1. The molecule has 0 saturated heterocycles. The van der Waals surface area contributed by atoms with Crippen LogP contribution in [0.2, 0.25) is 0 Å². The summed E-state index contributed by atoms with van der Waals surface area (Å²) in [6.45, 7) is 2.31. The van der Waals surface area contributed by atoms with Gasteiger partial charge in [-0.2, -0.15) is 0 Å². The first-order chi connectivity index (χ1) is 7.19. The summed E-state index contributed by atoms with van der Waals surface area (Å²) in [4.78, 5) is 0. The first-order valence-electron chi connectivity index (χ1n) is 4.81. The predicted molar refractivity (Wildman–Crippen MR) is 63.1 cm³/mol. The van der Waals surface area contributed by atoms with Crippen LogP contribution in [-0.2, 0) is 6.54 Å². The molecule has 0 aliphatic rings. The highest BCUT2D eigenvalue weighted by atomic mass is 79.9. The minimum absolute atomic E-state index is 0.110. The van der Waals surface area contributed by atoms with Crippen LogP contribution >= 0.6 is 15.9 Å². The molecule has 0 aromatic heterocycles. The summed E-state index contributed by atoms with van der Waals surface area (Å²) in [7, 11) is 1.87. The molecular formula is C11H15BrFNO. The molecule has 84 valence electrons. The van der Waals surface area contributed by atoms with Crippen LogP contribution in [-0.4, -0.2) is 20.3 Å². The Hall–Kier alpha value is -0.610. The average Bonchev–Trinajstić information content (AvgIpc) is 2.17. The predicted octanol–water partition coefficient (Wildman–Crippen LogP) is 2.83. The Morgan fingerprint density at radius 3 is 2.80 bits per heavy atom. The van der Waals surface area contributed by atoms with E-state index in [9.17, 15) is 4.39 Å². The number of halogens is 2. The van der Waals surface area contributed by atoms with Gasteiger partial charge in [0, 0.05) is 16.6 Å². The lowest BCUT2D eigenvalue weighted by Gasteiger charge is -2.13. The zero-order valence-corrected chi connectivity index (χ0v) is 10.5. The SMILES string of the molecule is CNCc1cc(Br)cc(C)c1OCCF. The molecule has 4 heteroatoms. The molecule has 0 amide bonds. The number of aryl methyl sites for hydroxylation is 1. The Labute approximate surface area is 98.0 Å². The Kier molecular flexibility index (Phi) is 5.05. The van der Waals surface area contributed by atoms with Crippen LogP contribution in [0.15, 0.2) is 16.6 Å². The van der Waals surface area contributed by atoms with Gasteiger partial charge in [-0.05, 0) is 31.7 Å². The second-order valence-electron chi connectivity index (χ2n) is 3.28. The number of hydrogen-bond acceptors (Lipinski definition) is 2. The number of rotatable bonds is 5. The van der Waals surface area contributed by atoms with Crippen molar-refractivity contribution in [2.75, 3.05) is 20.3 Å². The largest absolute Gasteiger partial charge is 0.490 e. The second kappa shape index (κ2) is 6.08. The van der Waals surface area contributed by atoms with Crippen molar-refractivity contribution in [2.45, 2.75) is 13.5 Å². The molecule has 1 aromatic carbocycles. The van der Waals surface area contributed by atoms with Crippen LogP contribution in [0, 0.1) is 6.92 Å². The molecular weight excluding hydrogens is 261 g/mol. The van der Waals surface area contributed by atoms with Gasteiger partial charge >= 0.3 is 0 Å². The third-order valence-electron chi connectivity index (χ3n) is 2.01. The zero-order valence-electron chi connectivity index (χ0n) is 8.94. The highest BCUT2D eigenvalue weighted by molar-refractivity contribution is 9.10. The fourth-order valence-electron chi connectivity index (χ4n) is 1.47. The second-order valence-corrected chi connectivity index (χ2v) is 4.19. The molecule has 15 heavy (non-hydrogen) atoms. The minimum Gasteiger partial charge on any atom is -0.490 e. The van der Waals surface area contributed by atoms with Crippen molar-refractivity contribution >= 4 is 15.9 Å².